The largest absolute Gasteiger partial charge is 0.330 e. The Bertz CT molecular complexity index is 545. The van der Waals surface area contributed by atoms with E-state index in [1.807, 2.05) is 24.3 Å². The molecular formula is C15H16Cl2N2. The predicted octanol–water partition coefficient (Wildman–Crippen LogP) is 3.29. The first-order valence-electron chi connectivity index (χ1n) is 5.60. The minimum Gasteiger partial charge on any atom is -0.330 e. The van der Waals surface area contributed by atoms with E-state index in [-0.39, 0.29) is 24.8 Å². The maximum Gasteiger partial charge on any atom is 0.0507 e. The summed E-state index contributed by atoms with van der Waals surface area (Å²) < 4.78 is 0. The molecule has 0 aliphatic rings. The Balaban J connectivity index is 0.00000162. The molecule has 0 bridgehead atoms. The molecule has 0 aliphatic carbocycles. The van der Waals surface area contributed by atoms with E-state index in [1.165, 1.54) is 0 Å². The van der Waals surface area contributed by atoms with Gasteiger partial charge in [0.15, 0.2) is 0 Å². The van der Waals surface area contributed by atoms with E-state index in [4.69, 9.17) is 5.73 Å². The molecule has 2 aromatic rings. The van der Waals surface area contributed by atoms with E-state index < -0.39 is 0 Å². The molecule has 0 saturated carbocycles. The minimum absolute atomic E-state index is 0. The van der Waals surface area contributed by atoms with Gasteiger partial charge in [-0.15, -0.1) is 24.8 Å². The van der Waals surface area contributed by atoms with Crippen LogP contribution in [0.2, 0.25) is 0 Å². The van der Waals surface area contributed by atoms with Gasteiger partial charge < -0.3 is 5.73 Å². The number of nitrogens with zero attached hydrogens (tertiary/aromatic N) is 1. The zero-order valence-electron chi connectivity index (χ0n) is 10.4. The second-order valence-electron chi connectivity index (χ2n) is 3.63. The highest BCUT2D eigenvalue weighted by molar-refractivity contribution is 5.85. The van der Waals surface area contributed by atoms with Crippen molar-refractivity contribution in [2.24, 2.45) is 5.73 Å². The summed E-state index contributed by atoms with van der Waals surface area (Å²) in [7, 11) is 0. The first-order chi connectivity index (χ1) is 8.42. The molecular weight excluding hydrogens is 279 g/mol. The second kappa shape index (κ2) is 9.41. The Morgan fingerprint density at radius 3 is 2.47 bits per heavy atom. The lowest BCUT2D eigenvalue weighted by Gasteiger charge is -2.03. The SMILES string of the molecule is Cl.Cl.NCCC#Cc1cnccc1-c1ccccc1. The molecule has 4 heteroatoms. The average molecular weight is 295 g/mol. The minimum atomic E-state index is 0. The van der Waals surface area contributed by atoms with Gasteiger partial charge in [-0.05, 0) is 11.6 Å². The van der Waals surface area contributed by atoms with Gasteiger partial charge in [0.1, 0.15) is 0 Å². The van der Waals surface area contributed by atoms with Crippen molar-refractivity contribution in [3.05, 3.63) is 54.4 Å². The Hall–Kier alpha value is -1.53. The molecule has 2 rings (SSSR count). The molecule has 19 heavy (non-hydrogen) atoms. The smallest absolute Gasteiger partial charge is 0.0507 e. The fraction of sp³-hybridized carbons (Fsp3) is 0.133. The quantitative estimate of drug-likeness (QED) is 0.863. The van der Waals surface area contributed by atoms with Crippen LogP contribution in [0, 0.1) is 11.8 Å². The molecule has 0 aliphatic heterocycles. The van der Waals surface area contributed by atoms with Crippen LogP contribution in [0.3, 0.4) is 0 Å². The first kappa shape index (κ1) is 17.5. The lowest BCUT2D eigenvalue weighted by molar-refractivity contribution is 1.03. The van der Waals surface area contributed by atoms with Gasteiger partial charge in [0, 0.05) is 30.9 Å². The molecule has 2 nitrogen and oxygen atoms in total. The normalized spacial score (nSPS) is 8.47. The standard InChI is InChI=1S/C15H14N2.2ClH/c16-10-5-4-8-14-12-17-11-9-15(14)13-6-2-1-3-7-13;;/h1-3,6-7,9,11-12H,5,10,16H2;2*1H. The summed E-state index contributed by atoms with van der Waals surface area (Å²) in [5, 5.41) is 0. The van der Waals surface area contributed by atoms with E-state index >= 15 is 0 Å². The Morgan fingerprint density at radius 1 is 1.05 bits per heavy atom. The van der Waals surface area contributed by atoms with Gasteiger partial charge in [0.25, 0.3) is 0 Å². The molecule has 0 spiro atoms. The van der Waals surface area contributed by atoms with Crippen LogP contribution >= 0.6 is 24.8 Å². The lowest BCUT2D eigenvalue weighted by Crippen LogP contribution is -1.95. The molecule has 0 fully saturated rings. The van der Waals surface area contributed by atoms with Gasteiger partial charge in [-0.3, -0.25) is 4.98 Å². The van der Waals surface area contributed by atoms with Crippen molar-refractivity contribution < 1.29 is 0 Å². The van der Waals surface area contributed by atoms with Gasteiger partial charge in [-0.2, -0.15) is 0 Å². The molecule has 0 unspecified atom stereocenters. The third-order valence-electron chi connectivity index (χ3n) is 2.40. The Morgan fingerprint density at radius 2 is 1.79 bits per heavy atom. The Kier molecular flexibility index (Phi) is 8.65. The van der Waals surface area contributed by atoms with Gasteiger partial charge in [0.2, 0.25) is 0 Å². The van der Waals surface area contributed by atoms with Crippen LogP contribution in [0.25, 0.3) is 11.1 Å². The van der Waals surface area contributed by atoms with Crippen LogP contribution in [0.15, 0.2) is 48.8 Å². The number of halogens is 2. The lowest BCUT2D eigenvalue weighted by atomic mass is 10.0. The van der Waals surface area contributed by atoms with E-state index in [9.17, 15) is 0 Å². The third kappa shape index (κ3) is 4.92. The summed E-state index contributed by atoms with van der Waals surface area (Å²) in [5.74, 6) is 6.17. The fourth-order valence-electron chi connectivity index (χ4n) is 1.59. The number of rotatable bonds is 2. The van der Waals surface area contributed by atoms with Crippen LogP contribution in [0.4, 0.5) is 0 Å². The molecule has 100 valence electrons. The highest BCUT2D eigenvalue weighted by atomic mass is 35.5. The molecule has 0 atom stereocenters. The number of hydrogen-bond acceptors (Lipinski definition) is 2. The number of hydrogen-bond donors (Lipinski definition) is 1. The van der Waals surface area contributed by atoms with Crippen molar-refractivity contribution in [1.82, 2.24) is 4.98 Å². The van der Waals surface area contributed by atoms with Crippen molar-refractivity contribution in [1.29, 1.82) is 0 Å². The van der Waals surface area contributed by atoms with Gasteiger partial charge >= 0.3 is 0 Å². The van der Waals surface area contributed by atoms with Crippen LogP contribution < -0.4 is 5.73 Å². The van der Waals surface area contributed by atoms with Crippen LogP contribution in [0.1, 0.15) is 12.0 Å². The summed E-state index contributed by atoms with van der Waals surface area (Å²) in [5.41, 5.74) is 8.65. The number of pyridine rings is 1. The predicted molar refractivity (Wildman–Crippen MR) is 84.7 cm³/mol. The van der Waals surface area contributed by atoms with Crippen molar-refractivity contribution in [2.75, 3.05) is 6.54 Å². The molecule has 1 aromatic carbocycles. The Labute approximate surface area is 126 Å². The van der Waals surface area contributed by atoms with Gasteiger partial charge in [0.05, 0.1) is 5.56 Å². The highest BCUT2D eigenvalue weighted by Crippen LogP contribution is 2.21. The van der Waals surface area contributed by atoms with Crippen LogP contribution in [-0.2, 0) is 0 Å². The summed E-state index contributed by atoms with van der Waals surface area (Å²) in [6.07, 6.45) is 4.30. The molecule has 2 N–H and O–H groups in total. The highest BCUT2D eigenvalue weighted by Gasteiger charge is 2.01. The maximum absolute atomic E-state index is 5.42. The van der Waals surface area contributed by atoms with Crippen molar-refractivity contribution in [3.8, 4) is 23.0 Å². The van der Waals surface area contributed by atoms with Crippen LogP contribution in [-0.4, -0.2) is 11.5 Å². The topological polar surface area (TPSA) is 38.9 Å². The summed E-state index contributed by atoms with van der Waals surface area (Å²) in [4.78, 5) is 4.12. The van der Waals surface area contributed by atoms with E-state index in [0.29, 0.717) is 13.0 Å². The maximum atomic E-state index is 5.42. The molecule has 0 amide bonds. The van der Waals surface area contributed by atoms with Crippen molar-refractivity contribution >= 4 is 24.8 Å². The summed E-state index contributed by atoms with van der Waals surface area (Å²) >= 11 is 0. The molecule has 1 heterocycles. The van der Waals surface area contributed by atoms with Gasteiger partial charge in [-0.25, -0.2) is 0 Å². The molecule has 0 saturated heterocycles. The summed E-state index contributed by atoms with van der Waals surface area (Å²) in [6, 6.07) is 12.2. The summed E-state index contributed by atoms with van der Waals surface area (Å²) in [6.45, 7) is 0.591. The van der Waals surface area contributed by atoms with Crippen LogP contribution in [0.5, 0.6) is 0 Å². The molecule has 0 radical (unpaired) electrons. The third-order valence-corrected chi connectivity index (χ3v) is 2.40. The fourth-order valence-corrected chi connectivity index (χ4v) is 1.59. The number of aromatic nitrogens is 1. The number of benzene rings is 1. The number of nitrogens with two attached hydrogens (primary N) is 1. The zero-order valence-corrected chi connectivity index (χ0v) is 12.0. The van der Waals surface area contributed by atoms with Gasteiger partial charge in [-0.1, -0.05) is 42.2 Å². The monoisotopic (exact) mass is 294 g/mol. The van der Waals surface area contributed by atoms with Crippen molar-refractivity contribution in [3.63, 3.8) is 0 Å². The van der Waals surface area contributed by atoms with E-state index in [0.717, 1.165) is 16.7 Å². The second-order valence-corrected chi connectivity index (χ2v) is 3.63. The van der Waals surface area contributed by atoms with E-state index in [2.05, 4.69) is 29.0 Å². The van der Waals surface area contributed by atoms with E-state index in [1.54, 1.807) is 12.4 Å². The molecule has 1 aromatic heterocycles. The zero-order chi connectivity index (χ0) is 11.9. The first-order valence-corrected chi connectivity index (χ1v) is 5.60. The average Bonchev–Trinajstić information content (AvgIpc) is 2.41. The van der Waals surface area contributed by atoms with Crippen molar-refractivity contribution in [2.45, 2.75) is 6.42 Å².